The lowest BCUT2D eigenvalue weighted by Crippen LogP contribution is -2.15. The molecule has 0 aliphatic carbocycles. The van der Waals surface area contributed by atoms with Gasteiger partial charge in [0.1, 0.15) is 5.82 Å². The highest BCUT2D eigenvalue weighted by Gasteiger charge is 2.10. The molecule has 3 N–H and O–H groups in total. The van der Waals surface area contributed by atoms with Gasteiger partial charge in [0.2, 0.25) is 0 Å². The van der Waals surface area contributed by atoms with Gasteiger partial charge in [0.15, 0.2) is 0 Å². The van der Waals surface area contributed by atoms with Gasteiger partial charge < -0.3 is 11.1 Å². The summed E-state index contributed by atoms with van der Waals surface area (Å²) in [6, 6.07) is 2.09. The Hall–Kier alpha value is -0.650. The zero-order valence-electron chi connectivity index (χ0n) is 5.84. The van der Waals surface area contributed by atoms with Crippen molar-refractivity contribution in [3.8, 4) is 0 Å². The monoisotopic (exact) mass is 261 g/mol. The smallest absolute Gasteiger partial charge is 0.124 e. The van der Waals surface area contributed by atoms with Gasteiger partial charge in [0.25, 0.3) is 0 Å². The second kappa shape index (κ2) is 2.44. The molecule has 11 heavy (non-hydrogen) atoms. The maximum atomic E-state index is 5.61. The lowest BCUT2D eigenvalue weighted by Gasteiger charge is -2.13. The molecule has 0 fully saturated rings. The summed E-state index contributed by atoms with van der Waals surface area (Å²) < 4.78 is 2.01. The van der Waals surface area contributed by atoms with E-state index in [-0.39, 0.29) is 0 Å². The average molecular weight is 261 g/mol. The molecular weight excluding hydrogens is 253 g/mol. The van der Waals surface area contributed by atoms with Gasteiger partial charge in [0.05, 0.1) is 28.7 Å². The van der Waals surface area contributed by atoms with Crippen molar-refractivity contribution in [2.45, 2.75) is 6.42 Å². The summed E-state index contributed by atoms with van der Waals surface area (Å²) in [7, 11) is 0. The van der Waals surface area contributed by atoms with Gasteiger partial charge >= 0.3 is 0 Å². The van der Waals surface area contributed by atoms with Crippen molar-refractivity contribution in [1.29, 1.82) is 0 Å². The molecule has 1 aromatic rings. The van der Waals surface area contributed by atoms with E-state index in [4.69, 9.17) is 5.73 Å². The third-order valence-corrected chi connectivity index (χ3v) is 2.53. The highest BCUT2D eigenvalue weighted by Crippen LogP contribution is 2.24. The lowest BCUT2D eigenvalue weighted by molar-refractivity contribution is 1.12. The molecule has 0 atom stereocenters. The first kappa shape index (κ1) is 7.02. The van der Waals surface area contributed by atoms with E-state index in [1.54, 1.807) is 0 Å². The first-order chi connectivity index (χ1) is 5.27. The van der Waals surface area contributed by atoms with Gasteiger partial charge in [0, 0.05) is 6.20 Å². The van der Waals surface area contributed by atoms with Crippen molar-refractivity contribution in [2.75, 3.05) is 5.32 Å². The maximum absolute atomic E-state index is 5.61. The van der Waals surface area contributed by atoms with E-state index in [1.807, 2.05) is 15.1 Å². The zero-order valence-corrected chi connectivity index (χ0v) is 8.00. The van der Waals surface area contributed by atoms with Crippen molar-refractivity contribution < 1.29 is 0 Å². The summed E-state index contributed by atoms with van der Waals surface area (Å²) in [5.74, 6) is 1.85. The molecule has 0 amide bonds. The molecule has 0 aromatic carbocycles. The maximum Gasteiger partial charge on any atom is 0.124 e. The predicted octanol–water partition coefficient (Wildman–Crippen LogP) is 1.45. The number of fused-ring (bicyclic) bond motifs is 1. The number of nitrogens with one attached hydrogen (secondary N) is 1. The number of halogens is 1. The summed E-state index contributed by atoms with van der Waals surface area (Å²) in [6.07, 6.45) is 4.94. The SMILES string of the molecule is NC1=CCc2ccn(I)c2N1. The van der Waals surface area contributed by atoms with Gasteiger partial charge in [-0.1, -0.05) is 0 Å². The molecule has 0 unspecified atom stereocenters. The predicted molar refractivity (Wildman–Crippen MR) is 53.4 cm³/mol. The van der Waals surface area contributed by atoms with Crippen LogP contribution in [-0.4, -0.2) is 2.78 Å². The van der Waals surface area contributed by atoms with E-state index >= 15 is 0 Å². The van der Waals surface area contributed by atoms with E-state index in [2.05, 4.69) is 34.2 Å². The number of hydrogen-bond acceptors (Lipinski definition) is 2. The first-order valence-electron chi connectivity index (χ1n) is 3.36. The van der Waals surface area contributed by atoms with Crippen LogP contribution in [0.3, 0.4) is 0 Å². The first-order valence-corrected chi connectivity index (χ1v) is 4.33. The highest BCUT2D eigenvalue weighted by molar-refractivity contribution is 14.1. The minimum absolute atomic E-state index is 0.745. The molecule has 58 valence electrons. The minimum atomic E-state index is 0.745. The molecule has 0 saturated carbocycles. The quantitative estimate of drug-likeness (QED) is 0.694. The van der Waals surface area contributed by atoms with Gasteiger partial charge in [-0.25, -0.2) is 0 Å². The van der Waals surface area contributed by atoms with Crippen LogP contribution in [0.15, 0.2) is 24.2 Å². The van der Waals surface area contributed by atoms with Gasteiger partial charge in [-0.15, -0.1) is 0 Å². The normalized spacial score (nSPS) is 15.2. The molecule has 0 bridgehead atoms. The molecule has 2 heterocycles. The van der Waals surface area contributed by atoms with Gasteiger partial charge in [-0.05, 0) is 24.1 Å². The Balaban J connectivity index is 2.44. The van der Waals surface area contributed by atoms with Crippen LogP contribution in [0.4, 0.5) is 5.82 Å². The number of hydrogen-bond donors (Lipinski definition) is 2. The number of aromatic nitrogens is 1. The van der Waals surface area contributed by atoms with Crippen LogP contribution < -0.4 is 11.1 Å². The Bertz CT molecular complexity index is 313. The third kappa shape index (κ3) is 1.11. The van der Waals surface area contributed by atoms with Crippen molar-refractivity contribution in [3.05, 3.63) is 29.7 Å². The molecule has 0 radical (unpaired) electrons. The Morgan fingerprint density at radius 3 is 3.27 bits per heavy atom. The molecule has 1 aliphatic heterocycles. The molecule has 1 aromatic heterocycles. The van der Waals surface area contributed by atoms with E-state index < -0.39 is 0 Å². The van der Waals surface area contributed by atoms with Gasteiger partial charge in [-0.2, -0.15) is 0 Å². The van der Waals surface area contributed by atoms with Crippen LogP contribution in [0, 0.1) is 0 Å². The molecule has 4 heteroatoms. The molecule has 1 aliphatic rings. The zero-order chi connectivity index (χ0) is 7.84. The number of nitrogens with two attached hydrogens (primary N) is 1. The molecule has 0 saturated heterocycles. The van der Waals surface area contributed by atoms with E-state index in [1.165, 1.54) is 5.56 Å². The average Bonchev–Trinajstić information content (AvgIpc) is 2.33. The highest BCUT2D eigenvalue weighted by atomic mass is 127. The summed E-state index contributed by atoms with van der Waals surface area (Å²) in [5, 5.41) is 3.10. The number of nitrogens with zero attached hydrogens (tertiary/aromatic N) is 1. The van der Waals surface area contributed by atoms with Crippen molar-refractivity contribution >= 4 is 28.7 Å². The summed E-state index contributed by atoms with van der Waals surface area (Å²) in [5.41, 5.74) is 6.91. The standard InChI is InChI=1S/C7H8IN3/c8-11-4-3-5-1-2-6(9)10-7(5)11/h2-4,10H,1,9H2. The second-order valence-corrected chi connectivity index (χ2v) is 3.53. The second-order valence-electron chi connectivity index (χ2n) is 2.49. The van der Waals surface area contributed by atoms with Crippen LogP contribution in [0.1, 0.15) is 5.56 Å². The van der Waals surface area contributed by atoms with E-state index in [0.717, 1.165) is 18.1 Å². The van der Waals surface area contributed by atoms with Crippen LogP contribution in [0.2, 0.25) is 0 Å². The van der Waals surface area contributed by atoms with Crippen molar-refractivity contribution in [3.63, 3.8) is 0 Å². The minimum Gasteiger partial charge on any atom is -0.385 e. The molecule has 3 nitrogen and oxygen atoms in total. The topological polar surface area (TPSA) is 43.0 Å². The van der Waals surface area contributed by atoms with Crippen LogP contribution in [0.5, 0.6) is 0 Å². The summed E-state index contributed by atoms with van der Waals surface area (Å²) >= 11 is 2.22. The fraction of sp³-hybridized carbons (Fsp3) is 0.143. The van der Waals surface area contributed by atoms with Crippen molar-refractivity contribution in [2.24, 2.45) is 5.73 Å². The molecular formula is C7H8IN3. The van der Waals surface area contributed by atoms with Crippen LogP contribution in [0.25, 0.3) is 0 Å². The molecule has 2 rings (SSSR count). The largest absolute Gasteiger partial charge is 0.385 e. The Morgan fingerprint density at radius 2 is 2.45 bits per heavy atom. The van der Waals surface area contributed by atoms with E-state index in [9.17, 15) is 0 Å². The Labute approximate surface area is 78.8 Å². The third-order valence-electron chi connectivity index (χ3n) is 1.73. The lowest BCUT2D eigenvalue weighted by atomic mass is 10.2. The van der Waals surface area contributed by atoms with Crippen LogP contribution >= 0.6 is 22.9 Å². The fourth-order valence-electron chi connectivity index (χ4n) is 1.15. The number of allylic oxidation sites excluding steroid dienone is 1. The number of rotatable bonds is 0. The van der Waals surface area contributed by atoms with Crippen molar-refractivity contribution in [1.82, 2.24) is 2.78 Å². The van der Waals surface area contributed by atoms with Gasteiger partial charge in [-0.3, -0.25) is 2.78 Å². The number of anilines is 1. The summed E-state index contributed by atoms with van der Waals surface area (Å²) in [4.78, 5) is 0. The Kier molecular flexibility index (Phi) is 1.56. The van der Waals surface area contributed by atoms with E-state index in [0.29, 0.717) is 0 Å². The molecule has 0 spiro atoms. The van der Waals surface area contributed by atoms with Crippen LogP contribution in [-0.2, 0) is 6.42 Å². The fourth-order valence-corrected chi connectivity index (χ4v) is 1.74. The Morgan fingerprint density at radius 1 is 1.64 bits per heavy atom. The summed E-state index contributed by atoms with van der Waals surface area (Å²) in [6.45, 7) is 0.